The molecule has 0 amide bonds. The van der Waals surface area contributed by atoms with Crippen LogP contribution in [-0.2, 0) is 0 Å². The van der Waals surface area contributed by atoms with Crippen molar-refractivity contribution in [2.24, 2.45) is 5.92 Å². The summed E-state index contributed by atoms with van der Waals surface area (Å²) in [7, 11) is 0. The van der Waals surface area contributed by atoms with E-state index in [2.05, 4.69) is 30.6 Å². The van der Waals surface area contributed by atoms with Crippen LogP contribution in [-0.4, -0.2) is 56.4 Å². The van der Waals surface area contributed by atoms with Crippen molar-refractivity contribution in [3.63, 3.8) is 0 Å². The Hall–Kier alpha value is -1.60. The standard InChI is InChI=1S/C25H32Cl2N6.ClH/c1-15-14-31(11-9-22(15)32-10-5-6-16(32)2)23-13-28-24-17(3)30-33(25(24)29-23)18(4)20-8-7-19(26)12-21(20)27;/h7-8,12-13,15-16,18,22H,5-6,9-11,14H2,1-4H3;1H/t15?,16?,18-,22?;/m1./s1. The normalized spacial score (nSPS) is 24.4. The first kappa shape index (κ1) is 25.5. The van der Waals surface area contributed by atoms with Gasteiger partial charge in [0.2, 0.25) is 0 Å². The number of fused-ring (bicyclic) bond motifs is 1. The Labute approximate surface area is 218 Å². The number of likely N-dealkylation sites (tertiary alicyclic amines) is 1. The van der Waals surface area contributed by atoms with Gasteiger partial charge in [0.15, 0.2) is 5.65 Å². The fourth-order valence-electron chi connectivity index (χ4n) is 5.72. The van der Waals surface area contributed by atoms with Gasteiger partial charge in [0.1, 0.15) is 11.3 Å². The number of piperidine rings is 1. The molecule has 4 atom stereocenters. The third-order valence-electron chi connectivity index (χ3n) is 7.55. The highest BCUT2D eigenvalue weighted by Crippen LogP contribution is 2.33. The first-order chi connectivity index (χ1) is 15.8. The van der Waals surface area contributed by atoms with Crippen LogP contribution in [0.1, 0.15) is 57.3 Å². The van der Waals surface area contributed by atoms with E-state index in [1.54, 1.807) is 6.07 Å². The molecular weight excluding hydrogens is 491 g/mol. The average molecular weight is 524 g/mol. The molecular formula is C25H33Cl3N6. The van der Waals surface area contributed by atoms with E-state index in [4.69, 9.17) is 38.3 Å². The Morgan fingerprint density at radius 3 is 2.59 bits per heavy atom. The van der Waals surface area contributed by atoms with Crippen molar-refractivity contribution in [2.75, 3.05) is 24.5 Å². The van der Waals surface area contributed by atoms with Crippen LogP contribution in [0.3, 0.4) is 0 Å². The molecule has 0 aliphatic carbocycles. The monoisotopic (exact) mass is 522 g/mol. The molecule has 2 aliphatic heterocycles. The van der Waals surface area contributed by atoms with E-state index in [9.17, 15) is 0 Å². The maximum Gasteiger partial charge on any atom is 0.179 e. The van der Waals surface area contributed by atoms with Crippen molar-refractivity contribution in [3.05, 3.63) is 45.7 Å². The van der Waals surface area contributed by atoms with E-state index in [1.807, 2.05) is 29.9 Å². The molecule has 2 saturated heterocycles. The van der Waals surface area contributed by atoms with E-state index in [1.165, 1.54) is 25.8 Å². The molecule has 0 spiro atoms. The number of hydrogen-bond acceptors (Lipinski definition) is 5. The van der Waals surface area contributed by atoms with Crippen LogP contribution < -0.4 is 4.90 Å². The minimum absolute atomic E-state index is 0. The minimum atomic E-state index is -0.0863. The second kappa shape index (κ2) is 10.2. The number of hydrogen-bond donors (Lipinski definition) is 0. The number of benzene rings is 1. The Morgan fingerprint density at radius 1 is 1.12 bits per heavy atom. The Balaban J connectivity index is 0.00000274. The van der Waals surface area contributed by atoms with Gasteiger partial charge >= 0.3 is 0 Å². The van der Waals surface area contributed by atoms with Crippen LogP contribution in [0.5, 0.6) is 0 Å². The molecule has 0 saturated carbocycles. The van der Waals surface area contributed by atoms with E-state index < -0.39 is 0 Å². The molecule has 0 N–H and O–H groups in total. The highest BCUT2D eigenvalue weighted by atomic mass is 35.5. The molecule has 4 heterocycles. The fourth-order valence-corrected chi connectivity index (χ4v) is 6.28. The lowest BCUT2D eigenvalue weighted by Gasteiger charge is -2.43. The summed E-state index contributed by atoms with van der Waals surface area (Å²) in [6.45, 7) is 12.1. The molecule has 3 aromatic rings. The molecule has 5 rings (SSSR count). The van der Waals surface area contributed by atoms with Crippen LogP contribution in [0.25, 0.3) is 11.2 Å². The van der Waals surface area contributed by atoms with Gasteiger partial charge in [-0.1, -0.05) is 36.2 Å². The van der Waals surface area contributed by atoms with Crippen molar-refractivity contribution in [1.29, 1.82) is 0 Å². The minimum Gasteiger partial charge on any atom is -0.355 e. The first-order valence-electron chi connectivity index (χ1n) is 12.0. The number of aromatic nitrogens is 4. The molecule has 2 aliphatic rings. The van der Waals surface area contributed by atoms with Crippen molar-refractivity contribution in [3.8, 4) is 0 Å². The molecule has 0 radical (unpaired) electrons. The van der Waals surface area contributed by atoms with Gasteiger partial charge in [0.25, 0.3) is 0 Å². The predicted octanol–water partition coefficient (Wildman–Crippen LogP) is 6.17. The van der Waals surface area contributed by atoms with E-state index in [-0.39, 0.29) is 18.4 Å². The van der Waals surface area contributed by atoms with Crippen LogP contribution in [0.4, 0.5) is 5.82 Å². The summed E-state index contributed by atoms with van der Waals surface area (Å²) < 4.78 is 1.94. The molecule has 184 valence electrons. The predicted molar refractivity (Wildman–Crippen MR) is 143 cm³/mol. The average Bonchev–Trinajstić information content (AvgIpc) is 3.36. The largest absolute Gasteiger partial charge is 0.355 e. The van der Waals surface area contributed by atoms with Gasteiger partial charge in [0.05, 0.1) is 17.9 Å². The van der Waals surface area contributed by atoms with Crippen molar-refractivity contribution in [1.82, 2.24) is 24.6 Å². The molecule has 2 aromatic heterocycles. The van der Waals surface area contributed by atoms with Crippen molar-refractivity contribution >= 4 is 52.6 Å². The second-order valence-corrected chi connectivity index (χ2v) is 10.6. The molecule has 6 nitrogen and oxygen atoms in total. The van der Waals surface area contributed by atoms with Crippen molar-refractivity contribution < 1.29 is 0 Å². The number of aryl methyl sites for hydroxylation is 1. The molecule has 3 unspecified atom stereocenters. The number of halogens is 3. The molecule has 0 bridgehead atoms. The summed E-state index contributed by atoms with van der Waals surface area (Å²) in [5.74, 6) is 1.52. The summed E-state index contributed by atoms with van der Waals surface area (Å²) in [4.78, 5) is 15.0. The molecule has 2 fully saturated rings. The number of anilines is 1. The third-order valence-corrected chi connectivity index (χ3v) is 8.12. The summed E-state index contributed by atoms with van der Waals surface area (Å²) in [6.07, 6.45) is 5.73. The van der Waals surface area contributed by atoms with Crippen LogP contribution in [0, 0.1) is 12.8 Å². The quantitative estimate of drug-likeness (QED) is 0.409. The molecule has 1 aromatic carbocycles. The molecule has 9 heteroatoms. The van der Waals surface area contributed by atoms with Gasteiger partial charge in [-0.3, -0.25) is 4.90 Å². The Kier molecular flexibility index (Phi) is 7.63. The van der Waals surface area contributed by atoms with Gasteiger partial charge in [-0.05, 0) is 70.2 Å². The zero-order valence-corrected chi connectivity index (χ0v) is 22.5. The van der Waals surface area contributed by atoms with Crippen molar-refractivity contribution in [2.45, 2.75) is 65.1 Å². The van der Waals surface area contributed by atoms with Crippen LogP contribution >= 0.6 is 35.6 Å². The maximum absolute atomic E-state index is 6.51. The van der Waals surface area contributed by atoms with E-state index in [0.717, 1.165) is 41.3 Å². The van der Waals surface area contributed by atoms with Gasteiger partial charge in [0, 0.05) is 35.2 Å². The lowest BCUT2D eigenvalue weighted by atomic mass is 9.92. The smallest absolute Gasteiger partial charge is 0.179 e. The number of rotatable bonds is 4. The number of nitrogens with zero attached hydrogens (tertiary/aromatic N) is 6. The van der Waals surface area contributed by atoms with Gasteiger partial charge in [-0.2, -0.15) is 5.10 Å². The first-order valence-corrected chi connectivity index (χ1v) is 12.8. The van der Waals surface area contributed by atoms with Gasteiger partial charge < -0.3 is 4.90 Å². The van der Waals surface area contributed by atoms with Crippen LogP contribution in [0.2, 0.25) is 10.0 Å². The zero-order chi connectivity index (χ0) is 23.3. The Morgan fingerprint density at radius 2 is 1.91 bits per heavy atom. The lowest BCUT2D eigenvalue weighted by molar-refractivity contribution is 0.122. The topological polar surface area (TPSA) is 50.1 Å². The van der Waals surface area contributed by atoms with Gasteiger partial charge in [-0.25, -0.2) is 14.6 Å². The Bertz CT molecular complexity index is 1170. The highest BCUT2D eigenvalue weighted by molar-refractivity contribution is 6.35. The maximum atomic E-state index is 6.51. The van der Waals surface area contributed by atoms with Crippen LogP contribution in [0.15, 0.2) is 24.4 Å². The summed E-state index contributed by atoms with van der Waals surface area (Å²) >= 11 is 12.6. The SMILES string of the molecule is Cc1nn([C@H](C)c2ccc(Cl)cc2Cl)c2nc(N3CCC(N4CCCC4C)C(C)C3)cnc12.Cl. The summed E-state index contributed by atoms with van der Waals surface area (Å²) in [5.41, 5.74) is 3.47. The summed E-state index contributed by atoms with van der Waals surface area (Å²) in [5, 5.41) is 6.04. The summed E-state index contributed by atoms with van der Waals surface area (Å²) in [6, 6.07) is 6.88. The second-order valence-electron chi connectivity index (χ2n) is 9.78. The van der Waals surface area contributed by atoms with E-state index >= 15 is 0 Å². The van der Waals surface area contributed by atoms with E-state index in [0.29, 0.717) is 28.0 Å². The fraction of sp³-hybridized carbons (Fsp3) is 0.560. The molecule has 34 heavy (non-hydrogen) atoms. The highest BCUT2D eigenvalue weighted by Gasteiger charge is 2.35. The third kappa shape index (κ3) is 4.62. The zero-order valence-electron chi connectivity index (χ0n) is 20.2. The lowest BCUT2D eigenvalue weighted by Crippen LogP contribution is -2.51. The van der Waals surface area contributed by atoms with Gasteiger partial charge in [-0.15, -0.1) is 12.4 Å².